The van der Waals surface area contributed by atoms with E-state index in [0.717, 1.165) is 12.4 Å². The van der Waals surface area contributed by atoms with Gasteiger partial charge in [0, 0.05) is 24.4 Å². The largest absolute Gasteiger partial charge is 0.481 e. The van der Waals surface area contributed by atoms with Crippen molar-refractivity contribution < 1.29 is 18.7 Å². The number of rotatable bonds is 6. The predicted octanol–water partition coefficient (Wildman–Crippen LogP) is 2.47. The number of anilines is 1. The summed E-state index contributed by atoms with van der Waals surface area (Å²) in [6.07, 6.45) is -0.114. The van der Waals surface area contributed by atoms with Crippen LogP contribution in [0.15, 0.2) is 12.4 Å². The lowest BCUT2D eigenvalue weighted by Gasteiger charge is -2.25. The van der Waals surface area contributed by atoms with Gasteiger partial charge in [-0.25, -0.2) is 18.7 Å². The molecule has 100 valence electrons. The molecule has 2 N–H and O–H groups in total. The lowest BCUT2D eigenvalue weighted by atomic mass is 9.99. The number of nitrogens with zero attached hydrogens (tertiary/aromatic N) is 2. The number of nitrogens with one attached hydrogen (secondary N) is 1. The third-order valence-corrected chi connectivity index (χ3v) is 2.34. The Morgan fingerprint density at radius 1 is 1.44 bits per heavy atom. The topological polar surface area (TPSA) is 75.1 Å². The van der Waals surface area contributed by atoms with Crippen LogP contribution in [0.5, 0.6) is 0 Å². The molecule has 0 bridgehead atoms. The second-order valence-corrected chi connectivity index (χ2v) is 4.54. The molecule has 0 aliphatic rings. The van der Waals surface area contributed by atoms with Crippen LogP contribution in [0.25, 0.3) is 0 Å². The van der Waals surface area contributed by atoms with E-state index in [4.69, 9.17) is 5.11 Å². The van der Waals surface area contributed by atoms with Gasteiger partial charge < -0.3 is 10.4 Å². The third-order valence-electron chi connectivity index (χ3n) is 2.34. The average molecular weight is 259 g/mol. The molecule has 0 aliphatic heterocycles. The van der Waals surface area contributed by atoms with Gasteiger partial charge in [-0.3, -0.25) is 4.79 Å². The number of aromatic nitrogens is 2. The zero-order valence-corrected chi connectivity index (χ0v) is 10.2. The molecular formula is C11H15F2N3O2. The highest BCUT2D eigenvalue weighted by Gasteiger charge is 2.20. The van der Waals surface area contributed by atoms with E-state index < -0.39 is 17.9 Å². The summed E-state index contributed by atoms with van der Waals surface area (Å²) < 4.78 is 24.6. The van der Waals surface area contributed by atoms with Gasteiger partial charge in [-0.15, -0.1) is 0 Å². The van der Waals surface area contributed by atoms with Crippen LogP contribution in [0.4, 0.5) is 14.7 Å². The van der Waals surface area contributed by atoms with Crippen LogP contribution in [-0.2, 0) is 4.79 Å². The van der Waals surface area contributed by atoms with Crippen molar-refractivity contribution >= 4 is 11.9 Å². The number of carboxylic acid groups (broad SMARTS) is 1. The minimum Gasteiger partial charge on any atom is -0.481 e. The van der Waals surface area contributed by atoms with Gasteiger partial charge in [-0.1, -0.05) is 0 Å². The van der Waals surface area contributed by atoms with Crippen molar-refractivity contribution in [2.24, 2.45) is 0 Å². The molecule has 1 heterocycles. The summed E-state index contributed by atoms with van der Waals surface area (Å²) in [7, 11) is 0. The fourth-order valence-electron chi connectivity index (χ4n) is 1.30. The molecule has 5 nitrogen and oxygen atoms in total. The van der Waals surface area contributed by atoms with E-state index in [0.29, 0.717) is 6.42 Å². The van der Waals surface area contributed by atoms with Crippen molar-refractivity contribution in [1.82, 2.24) is 9.97 Å². The predicted molar refractivity (Wildman–Crippen MR) is 61.6 cm³/mol. The zero-order chi connectivity index (χ0) is 13.8. The van der Waals surface area contributed by atoms with Crippen LogP contribution in [0.2, 0.25) is 0 Å². The Hall–Kier alpha value is -1.79. The maximum atomic E-state index is 12.3. The lowest BCUT2D eigenvalue weighted by molar-refractivity contribution is -0.137. The number of hydrogen-bond acceptors (Lipinski definition) is 4. The van der Waals surface area contributed by atoms with Crippen molar-refractivity contribution in [3.63, 3.8) is 0 Å². The van der Waals surface area contributed by atoms with E-state index in [2.05, 4.69) is 15.3 Å². The molecule has 7 heteroatoms. The number of alkyl halides is 2. The number of hydrogen-bond donors (Lipinski definition) is 2. The summed E-state index contributed by atoms with van der Waals surface area (Å²) >= 11 is 0. The Morgan fingerprint density at radius 3 is 2.44 bits per heavy atom. The van der Waals surface area contributed by atoms with Crippen LogP contribution >= 0.6 is 0 Å². The maximum absolute atomic E-state index is 12.3. The van der Waals surface area contributed by atoms with Gasteiger partial charge in [0.1, 0.15) is 0 Å². The van der Waals surface area contributed by atoms with Gasteiger partial charge in [0.15, 0.2) is 0 Å². The van der Waals surface area contributed by atoms with Crippen LogP contribution in [0, 0.1) is 0 Å². The number of carboxylic acids is 1. The number of aliphatic carboxylic acids is 1. The highest BCUT2D eigenvalue weighted by atomic mass is 19.3. The Balaban J connectivity index is 2.63. The summed E-state index contributed by atoms with van der Waals surface area (Å²) in [6, 6.07) is 0. The summed E-state index contributed by atoms with van der Waals surface area (Å²) in [6.45, 7) is 3.58. The molecule has 0 aliphatic carbocycles. The van der Waals surface area contributed by atoms with E-state index in [-0.39, 0.29) is 17.9 Å². The summed E-state index contributed by atoms with van der Waals surface area (Å²) in [5.41, 5.74) is -0.769. The molecule has 0 saturated carbocycles. The molecular weight excluding hydrogens is 244 g/mol. The Kier molecular flexibility index (Phi) is 4.52. The van der Waals surface area contributed by atoms with E-state index >= 15 is 0 Å². The molecule has 0 fully saturated rings. The molecule has 0 unspecified atom stereocenters. The third kappa shape index (κ3) is 4.60. The lowest BCUT2D eigenvalue weighted by Crippen LogP contribution is -2.32. The molecule has 1 rings (SSSR count). The molecule has 0 amide bonds. The monoisotopic (exact) mass is 259 g/mol. The fourth-order valence-corrected chi connectivity index (χ4v) is 1.30. The van der Waals surface area contributed by atoms with Crippen LogP contribution in [0.3, 0.4) is 0 Å². The second-order valence-electron chi connectivity index (χ2n) is 4.54. The standard InChI is InChI=1S/C11H15F2N3O2/c1-11(2,4-3-8(17)18)16-10-14-5-7(6-15-10)9(12)13/h5-6,9H,3-4H2,1-2H3,(H,17,18)(H,14,15,16). The van der Waals surface area contributed by atoms with Gasteiger partial charge in [0.2, 0.25) is 5.95 Å². The molecule has 0 spiro atoms. The smallest absolute Gasteiger partial charge is 0.303 e. The van der Waals surface area contributed by atoms with Crippen LogP contribution in [0.1, 0.15) is 38.7 Å². The van der Waals surface area contributed by atoms with Crippen molar-refractivity contribution in [1.29, 1.82) is 0 Å². The van der Waals surface area contributed by atoms with Crippen molar-refractivity contribution in [3.05, 3.63) is 18.0 Å². The normalized spacial score (nSPS) is 11.6. The molecule has 0 aromatic carbocycles. The minimum atomic E-state index is -2.60. The molecule has 0 atom stereocenters. The number of carbonyl (C=O) groups is 1. The Labute approximate surface area is 103 Å². The minimum absolute atomic E-state index is 0.00905. The van der Waals surface area contributed by atoms with Gasteiger partial charge in [-0.2, -0.15) is 0 Å². The van der Waals surface area contributed by atoms with Gasteiger partial charge in [0.05, 0.1) is 5.56 Å². The summed E-state index contributed by atoms with van der Waals surface area (Å²) in [5.74, 6) is -0.686. The molecule has 1 aromatic rings. The van der Waals surface area contributed by atoms with Crippen molar-refractivity contribution in [2.45, 2.75) is 38.7 Å². The first kappa shape index (κ1) is 14.3. The molecule has 0 saturated heterocycles. The highest BCUT2D eigenvalue weighted by molar-refractivity contribution is 5.66. The Bertz CT molecular complexity index is 407. The van der Waals surface area contributed by atoms with Crippen molar-refractivity contribution in [2.75, 3.05) is 5.32 Å². The van der Waals surface area contributed by atoms with Gasteiger partial charge in [-0.05, 0) is 20.3 Å². The van der Waals surface area contributed by atoms with Crippen molar-refractivity contribution in [3.8, 4) is 0 Å². The zero-order valence-electron chi connectivity index (χ0n) is 10.2. The van der Waals surface area contributed by atoms with E-state index in [1.54, 1.807) is 13.8 Å². The molecule has 0 radical (unpaired) electrons. The van der Waals surface area contributed by atoms with E-state index in [9.17, 15) is 13.6 Å². The average Bonchev–Trinajstić information content (AvgIpc) is 2.27. The van der Waals surface area contributed by atoms with Gasteiger partial charge >= 0.3 is 5.97 Å². The quantitative estimate of drug-likeness (QED) is 0.820. The van der Waals surface area contributed by atoms with Crippen LogP contribution < -0.4 is 5.32 Å². The molecule has 1 aromatic heterocycles. The summed E-state index contributed by atoms with van der Waals surface area (Å²) in [4.78, 5) is 18.0. The molecule has 18 heavy (non-hydrogen) atoms. The SMILES string of the molecule is CC(C)(CCC(=O)O)Nc1ncc(C(F)F)cn1. The maximum Gasteiger partial charge on any atom is 0.303 e. The highest BCUT2D eigenvalue weighted by Crippen LogP contribution is 2.19. The number of halogens is 2. The first-order valence-electron chi connectivity index (χ1n) is 5.40. The van der Waals surface area contributed by atoms with E-state index in [1.807, 2.05) is 0 Å². The fraction of sp³-hybridized carbons (Fsp3) is 0.545. The summed E-state index contributed by atoms with van der Waals surface area (Å²) in [5, 5.41) is 11.5. The van der Waals surface area contributed by atoms with Gasteiger partial charge in [0.25, 0.3) is 6.43 Å². The Morgan fingerprint density at radius 2 is 2.00 bits per heavy atom. The first-order chi connectivity index (χ1) is 8.30. The van der Waals surface area contributed by atoms with Crippen LogP contribution in [-0.4, -0.2) is 26.6 Å². The first-order valence-corrected chi connectivity index (χ1v) is 5.40. The van der Waals surface area contributed by atoms with E-state index in [1.165, 1.54) is 0 Å². The second kappa shape index (κ2) is 5.70.